The fourth-order valence-corrected chi connectivity index (χ4v) is 3.54. The maximum Gasteiger partial charge on any atom is 0.317 e. The molecule has 1 aromatic heterocycles. The molecule has 150 valence electrons. The minimum Gasteiger partial charge on any atom is -0.381 e. The summed E-state index contributed by atoms with van der Waals surface area (Å²) in [6.07, 6.45) is 2.11. The zero-order valence-electron chi connectivity index (χ0n) is 16.3. The highest BCUT2D eigenvalue weighted by molar-refractivity contribution is 5.74. The molecule has 0 aromatic carbocycles. The Morgan fingerprint density at radius 2 is 2.26 bits per heavy atom. The lowest BCUT2D eigenvalue weighted by Crippen LogP contribution is -2.46. The van der Waals surface area contributed by atoms with Crippen molar-refractivity contribution in [2.75, 3.05) is 63.8 Å². The van der Waals surface area contributed by atoms with E-state index >= 15 is 0 Å². The number of hydrogen-bond donors (Lipinski definition) is 1. The molecular weight excluding hydrogens is 351 g/mol. The minimum absolute atomic E-state index is 0.115. The number of amides is 2. The molecule has 3 rings (SSSR count). The SMILES string of the molecule is CN(C[C@@H]1C[C@H](F)CN1c1ccnc(N(C)C)n1)C(=O)NC[C@@H]1CCOC1. The van der Waals surface area contributed by atoms with Crippen molar-refractivity contribution in [3.8, 4) is 0 Å². The lowest BCUT2D eigenvalue weighted by atomic mass is 10.1. The second kappa shape index (κ2) is 8.69. The molecule has 0 radical (unpaired) electrons. The fraction of sp³-hybridized carbons (Fsp3) is 0.722. The van der Waals surface area contributed by atoms with Gasteiger partial charge in [-0.15, -0.1) is 0 Å². The molecule has 2 saturated heterocycles. The Labute approximate surface area is 159 Å². The van der Waals surface area contributed by atoms with Crippen molar-refractivity contribution in [1.82, 2.24) is 20.2 Å². The Kier molecular flexibility index (Phi) is 6.30. The molecule has 1 aromatic rings. The van der Waals surface area contributed by atoms with Crippen molar-refractivity contribution < 1.29 is 13.9 Å². The van der Waals surface area contributed by atoms with Crippen molar-refractivity contribution in [1.29, 1.82) is 0 Å². The average Bonchev–Trinajstić information content (AvgIpc) is 3.29. The number of urea groups is 1. The van der Waals surface area contributed by atoms with E-state index in [4.69, 9.17) is 4.74 Å². The number of likely N-dealkylation sites (N-methyl/N-ethyl adjacent to an activating group) is 1. The topological polar surface area (TPSA) is 73.8 Å². The first-order valence-corrected chi connectivity index (χ1v) is 9.42. The molecule has 3 atom stereocenters. The Bertz CT molecular complexity index is 640. The van der Waals surface area contributed by atoms with Crippen molar-refractivity contribution in [3.63, 3.8) is 0 Å². The van der Waals surface area contributed by atoms with E-state index in [-0.39, 0.29) is 18.6 Å². The molecule has 27 heavy (non-hydrogen) atoms. The molecular formula is C18H29FN6O2. The number of ether oxygens (including phenoxy) is 1. The molecule has 8 nitrogen and oxygen atoms in total. The number of aromatic nitrogens is 2. The Balaban J connectivity index is 1.60. The summed E-state index contributed by atoms with van der Waals surface area (Å²) in [5.74, 6) is 1.65. The van der Waals surface area contributed by atoms with Crippen molar-refractivity contribution in [2.24, 2.45) is 5.92 Å². The number of rotatable bonds is 6. The molecule has 0 spiro atoms. The van der Waals surface area contributed by atoms with Crippen LogP contribution in [0, 0.1) is 5.92 Å². The highest BCUT2D eigenvalue weighted by atomic mass is 19.1. The van der Waals surface area contributed by atoms with Gasteiger partial charge in [0.05, 0.1) is 19.2 Å². The molecule has 1 N–H and O–H groups in total. The van der Waals surface area contributed by atoms with Gasteiger partial charge in [0.25, 0.3) is 0 Å². The number of carbonyl (C=O) groups is 1. The molecule has 0 saturated carbocycles. The Hall–Kier alpha value is -2.16. The van der Waals surface area contributed by atoms with Crippen LogP contribution in [0.5, 0.6) is 0 Å². The highest BCUT2D eigenvalue weighted by Crippen LogP contribution is 2.27. The number of halogens is 1. The summed E-state index contributed by atoms with van der Waals surface area (Å²) in [5, 5.41) is 2.95. The quantitative estimate of drug-likeness (QED) is 0.798. The smallest absolute Gasteiger partial charge is 0.317 e. The summed E-state index contributed by atoms with van der Waals surface area (Å²) in [5.41, 5.74) is 0. The Morgan fingerprint density at radius 1 is 1.44 bits per heavy atom. The first-order valence-electron chi connectivity index (χ1n) is 9.42. The highest BCUT2D eigenvalue weighted by Gasteiger charge is 2.34. The maximum absolute atomic E-state index is 14.1. The van der Waals surface area contributed by atoms with Crippen LogP contribution in [-0.2, 0) is 4.74 Å². The molecule has 9 heteroatoms. The molecule has 0 aliphatic carbocycles. The molecule has 0 bridgehead atoms. The number of anilines is 2. The predicted molar refractivity (Wildman–Crippen MR) is 102 cm³/mol. The third-order valence-corrected chi connectivity index (χ3v) is 5.08. The van der Waals surface area contributed by atoms with Crippen LogP contribution in [0.3, 0.4) is 0 Å². The molecule has 2 aliphatic rings. The van der Waals surface area contributed by atoms with Crippen LogP contribution in [0.25, 0.3) is 0 Å². The number of alkyl halides is 1. The van der Waals surface area contributed by atoms with Crippen LogP contribution in [-0.4, -0.2) is 87.1 Å². The zero-order chi connectivity index (χ0) is 19.4. The summed E-state index contributed by atoms with van der Waals surface area (Å²) in [6, 6.07) is 1.54. The predicted octanol–water partition coefficient (Wildman–Crippen LogP) is 1.14. The summed E-state index contributed by atoms with van der Waals surface area (Å²) >= 11 is 0. The van der Waals surface area contributed by atoms with E-state index in [9.17, 15) is 9.18 Å². The summed E-state index contributed by atoms with van der Waals surface area (Å²) in [7, 11) is 5.48. The second-order valence-electron chi connectivity index (χ2n) is 7.54. The largest absolute Gasteiger partial charge is 0.381 e. The third kappa shape index (κ3) is 4.97. The third-order valence-electron chi connectivity index (χ3n) is 5.08. The van der Waals surface area contributed by atoms with Gasteiger partial charge >= 0.3 is 6.03 Å². The van der Waals surface area contributed by atoms with Gasteiger partial charge in [0.1, 0.15) is 12.0 Å². The molecule has 3 heterocycles. The van der Waals surface area contributed by atoms with Gasteiger partial charge in [0, 0.05) is 59.4 Å². The van der Waals surface area contributed by atoms with Gasteiger partial charge in [-0.05, 0) is 12.5 Å². The van der Waals surface area contributed by atoms with Crippen molar-refractivity contribution in [3.05, 3.63) is 12.3 Å². The van der Waals surface area contributed by atoms with Gasteiger partial charge < -0.3 is 24.8 Å². The van der Waals surface area contributed by atoms with Crippen LogP contribution < -0.4 is 15.1 Å². The monoisotopic (exact) mass is 380 g/mol. The standard InChI is InChI=1S/C18H29FN6O2/c1-23(2)17-20-6-4-16(22-17)25-10-14(19)8-15(25)11-24(3)18(26)21-9-13-5-7-27-12-13/h4,6,13-15H,5,7-12H2,1-3H3,(H,21,26)/t13-,14-,15-/m0/s1. The van der Waals surface area contributed by atoms with Crippen LogP contribution in [0.15, 0.2) is 12.3 Å². The second-order valence-corrected chi connectivity index (χ2v) is 7.54. The number of nitrogens with zero attached hydrogens (tertiary/aromatic N) is 5. The lowest BCUT2D eigenvalue weighted by Gasteiger charge is -2.29. The van der Waals surface area contributed by atoms with Gasteiger partial charge in [0.15, 0.2) is 0 Å². The summed E-state index contributed by atoms with van der Waals surface area (Å²) in [4.78, 5) is 26.5. The van der Waals surface area contributed by atoms with Crippen LogP contribution in [0.4, 0.5) is 21.0 Å². The van der Waals surface area contributed by atoms with E-state index in [0.29, 0.717) is 43.8 Å². The van der Waals surface area contributed by atoms with Gasteiger partial charge in [-0.1, -0.05) is 0 Å². The minimum atomic E-state index is -0.931. The van der Waals surface area contributed by atoms with Gasteiger partial charge in [-0.3, -0.25) is 0 Å². The maximum atomic E-state index is 14.1. The van der Waals surface area contributed by atoms with Crippen LogP contribution >= 0.6 is 0 Å². The number of nitrogens with one attached hydrogen (secondary N) is 1. The van der Waals surface area contributed by atoms with Crippen LogP contribution in [0.1, 0.15) is 12.8 Å². The lowest BCUT2D eigenvalue weighted by molar-refractivity contribution is 0.182. The number of hydrogen-bond acceptors (Lipinski definition) is 6. The summed E-state index contributed by atoms with van der Waals surface area (Å²) in [6.45, 7) is 2.80. The Morgan fingerprint density at radius 3 is 2.96 bits per heavy atom. The first kappa shape index (κ1) is 19.6. The zero-order valence-corrected chi connectivity index (χ0v) is 16.3. The van der Waals surface area contributed by atoms with Gasteiger partial charge in [-0.25, -0.2) is 14.2 Å². The normalized spacial score (nSPS) is 24.9. The molecule has 2 amide bonds. The van der Waals surface area contributed by atoms with Gasteiger partial charge in [0.2, 0.25) is 5.95 Å². The van der Waals surface area contributed by atoms with E-state index in [0.717, 1.165) is 13.0 Å². The van der Waals surface area contributed by atoms with E-state index in [1.807, 2.05) is 23.9 Å². The van der Waals surface area contributed by atoms with Crippen molar-refractivity contribution >= 4 is 17.8 Å². The average molecular weight is 380 g/mol. The molecule has 2 aliphatic heterocycles. The van der Waals surface area contributed by atoms with Gasteiger partial charge in [-0.2, -0.15) is 4.98 Å². The first-order chi connectivity index (χ1) is 12.9. The molecule has 0 unspecified atom stereocenters. The van der Waals surface area contributed by atoms with E-state index in [2.05, 4.69) is 15.3 Å². The van der Waals surface area contributed by atoms with E-state index in [1.54, 1.807) is 24.2 Å². The van der Waals surface area contributed by atoms with Crippen LogP contribution in [0.2, 0.25) is 0 Å². The van der Waals surface area contributed by atoms with Crippen molar-refractivity contribution in [2.45, 2.75) is 25.1 Å². The summed E-state index contributed by atoms with van der Waals surface area (Å²) < 4.78 is 19.5. The molecule has 2 fully saturated rings. The van der Waals surface area contributed by atoms with E-state index in [1.165, 1.54) is 0 Å². The van der Waals surface area contributed by atoms with E-state index < -0.39 is 6.17 Å². The number of carbonyl (C=O) groups excluding carboxylic acids is 1. The fourth-order valence-electron chi connectivity index (χ4n) is 3.54.